The summed E-state index contributed by atoms with van der Waals surface area (Å²) in [5.74, 6) is 0.821. The number of anilines is 1. The van der Waals surface area contributed by atoms with Gasteiger partial charge in [0.15, 0.2) is 0 Å². The summed E-state index contributed by atoms with van der Waals surface area (Å²) in [7, 11) is 0. The summed E-state index contributed by atoms with van der Waals surface area (Å²) < 4.78 is 0. The fourth-order valence-corrected chi connectivity index (χ4v) is 3.70. The Morgan fingerprint density at radius 3 is 2.27 bits per heavy atom. The highest BCUT2D eigenvalue weighted by molar-refractivity contribution is 7.98. The highest BCUT2D eigenvalue weighted by Gasteiger charge is 2.21. The fraction of sp³-hybridized carbons (Fsp3) is 0.0952. The molecular weight excluding hydrogens is 340 g/mol. The van der Waals surface area contributed by atoms with Crippen LogP contribution in [-0.2, 0) is 5.75 Å². The molecular formula is C21H16N4S. The Labute approximate surface area is 156 Å². The quantitative estimate of drug-likeness (QED) is 0.686. The highest BCUT2D eigenvalue weighted by Crippen LogP contribution is 2.37. The van der Waals surface area contributed by atoms with Crippen LogP contribution < -0.4 is 5.73 Å². The molecule has 4 nitrogen and oxygen atoms in total. The van der Waals surface area contributed by atoms with E-state index in [1.807, 2.05) is 61.5 Å². The van der Waals surface area contributed by atoms with Gasteiger partial charge >= 0.3 is 0 Å². The molecule has 0 aliphatic rings. The lowest BCUT2D eigenvalue weighted by Gasteiger charge is -2.14. The lowest BCUT2D eigenvalue weighted by molar-refractivity contribution is 1.11. The van der Waals surface area contributed by atoms with Gasteiger partial charge in [-0.25, -0.2) is 4.98 Å². The van der Waals surface area contributed by atoms with Gasteiger partial charge in [0.1, 0.15) is 28.5 Å². The number of nitrogens with two attached hydrogens (primary N) is 1. The molecule has 26 heavy (non-hydrogen) atoms. The van der Waals surface area contributed by atoms with Gasteiger partial charge in [-0.05, 0) is 23.6 Å². The van der Waals surface area contributed by atoms with Gasteiger partial charge in [-0.1, -0.05) is 54.6 Å². The average Bonchev–Trinajstić information content (AvgIpc) is 2.67. The summed E-state index contributed by atoms with van der Waals surface area (Å²) in [6.45, 7) is 1.95. The molecule has 5 heteroatoms. The molecule has 0 radical (unpaired) electrons. The van der Waals surface area contributed by atoms with E-state index in [1.54, 1.807) is 0 Å². The number of nitrogen functional groups attached to an aromatic ring is 1. The molecule has 0 saturated heterocycles. The van der Waals surface area contributed by atoms with Crippen molar-refractivity contribution in [1.82, 2.24) is 4.98 Å². The van der Waals surface area contributed by atoms with Crippen LogP contribution in [0.5, 0.6) is 0 Å². The third-order valence-electron chi connectivity index (χ3n) is 4.05. The summed E-state index contributed by atoms with van der Waals surface area (Å²) in [6, 6.07) is 22.0. The van der Waals surface area contributed by atoms with Crippen LogP contribution in [0.1, 0.15) is 22.3 Å². The van der Waals surface area contributed by atoms with Crippen molar-refractivity contribution in [2.75, 3.05) is 5.73 Å². The first-order valence-electron chi connectivity index (χ1n) is 8.02. The van der Waals surface area contributed by atoms with Crippen LogP contribution in [0, 0.1) is 29.6 Å². The Balaban J connectivity index is 2.14. The molecule has 2 N–H and O–H groups in total. The predicted octanol–water partition coefficient (Wildman–Crippen LogP) is 4.67. The standard InChI is InChI=1S/C21H16N4S/c1-14-7-5-6-10-16(14)19-17(11-22)20(24)25-21(18(19)12-23)26-13-15-8-3-2-4-9-15/h2-10H,13H2,1H3,(H2,24,25). The van der Waals surface area contributed by atoms with E-state index >= 15 is 0 Å². The zero-order valence-corrected chi connectivity index (χ0v) is 15.0. The molecule has 0 aliphatic carbocycles. The van der Waals surface area contributed by atoms with Crippen molar-refractivity contribution < 1.29 is 0 Å². The first-order chi connectivity index (χ1) is 12.7. The van der Waals surface area contributed by atoms with Gasteiger partial charge in [0.25, 0.3) is 0 Å². The van der Waals surface area contributed by atoms with Crippen molar-refractivity contribution in [2.24, 2.45) is 0 Å². The second-order valence-corrected chi connectivity index (χ2v) is 6.70. The van der Waals surface area contributed by atoms with E-state index in [4.69, 9.17) is 5.73 Å². The lowest BCUT2D eigenvalue weighted by Crippen LogP contribution is -2.04. The Morgan fingerprint density at radius 2 is 1.62 bits per heavy atom. The number of aryl methyl sites for hydroxylation is 1. The number of hydrogen-bond acceptors (Lipinski definition) is 5. The van der Waals surface area contributed by atoms with Crippen LogP contribution in [-0.4, -0.2) is 4.98 Å². The Morgan fingerprint density at radius 1 is 0.962 bits per heavy atom. The summed E-state index contributed by atoms with van der Waals surface area (Å²) in [4.78, 5) is 4.34. The molecule has 0 saturated carbocycles. The molecule has 2 aromatic carbocycles. The largest absolute Gasteiger partial charge is 0.383 e. The Kier molecular flexibility index (Phi) is 5.22. The van der Waals surface area contributed by atoms with E-state index in [0.29, 0.717) is 21.9 Å². The molecule has 3 aromatic rings. The van der Waals surface area contributed by atoms with Gasteiger partial charge in [0, 0.05) is 11.3 Å². The molecule has 0 fully saturated rings. The molecule has 0 spiro atoms. The summed E-state index contributed by atoms with van der Waals surface area (Å²) in [6.07, 6.45) is 0. The zero-order valence-electron chi connectivity index (χ0n) is 14.2. The molecule has 1 heterocycles. The van der Waals surface area contributed by atoms with Gasteiger partial charge in [0.05, 0.1) is 5.56 Å². The fourth-order valence-electron chi connectivity index (χ4n) is 2.75. The number of aromatic nitrogens is 1. The maximum absolute atomic E-state index is 9.81. The van der Waals surface area contributed by atoms with Crippen molar-refractivity contribution in [3.8, 4) is 23.3 Å². The predicted molar refractivity (Wildman–Crippen MR) is 104 cm³/mol. The van der Waals surface area contributed by atoms with Crippen LogP contribution in [0.4, 0.5) is 5.82 Å². The third kappa shape index (κ3) is 3.39. The number of hydrogen-bond donors (Lipinski definition) is 1. The maximum Gasteiger partial charge on any atom is 0.143 e. The first kappa shape index (κ1) is 17.5. The maximum atomic E-state index is 9.81. The lowest BCUT2D eigenvalue weighted by atomic mass is 9.93. The first-order valence-corrected chi connectivity index (χ1v) is 9.00. The van der Waals surface area contributed by atoms with Crippen LogP contribution in [0.3, 0.4) is 0 Å². The monoisotopic (exact) mass is 356 g/mol. The van der Waals surface area contributed by atoms with E-state index in [0.717, 1.165) is 16.7 Å². The van der Waals surface area contributed by atoms with Crippen molar-refractivity contribution >= 4 is 17.6 Å². The number of nitriles is 2. The highest BCUT2D eigenvalue weighted by atomic mass is 32.2. The number of benzene rings is 2. The van der Waals surface area contributed by atoms with E-state index in [9.17, 15) is 10.5 Å². The van der Waals surface area contributed by atoms with Crippen molar-refractivity contribution in [3.05, 3.63) is 76.9 Å². The van der Waals surface area contributed by atoms with E-state index < -0.39 is 0 Å². The molecule has 126 valence electrons. The van der Waals surface area contributed by atoms with Crippen LogP contribution in [0.25, 0.3) is 11.1 Å². The molecule has 0 aliphatic heterocycles. The minimum Gasteiger partial charge on any atom is -0.383 e. The SMILES string of the molecule is Cc1ccccc1-c1c(C#N)c(N)nc(SCc2ccccc2)c1C#N. The molecule has 0 unspecified atom stereocenters. The molecule has 0 bridgehead atoms. The summed E-state index contributed by atoms with van der Waals surface area (Å²) in [5, 5.41) is 19.9. The van der Waals surface area contributed by atoms with Crippen molar-refractivity contribution in [3.63, 3.8) is 0 Å². The van der Waals surface area contributed by atoms with Crippen molar-refractivity contribution in [2.45, 2.75) is 17.7 Å². The minimum atomic E-state index is 0.153. The van der Waals surface area contributed by atoms with Gasteiger partial charge in [-0.3, -0.25) is 0 Å². The zero-order chi connectivity index (χ0) is 18.5. The molecule has 0 atom stereocenters. The van der Waals surface area contributed by atoms with Gasteiger partial charge in [0.2, 0.25) is 0 Å². The van der Waals surface area contributed by atoms with Gasteiger partial charge < -0.3 is 5.73 Å². The smallest absolute Gasteiger partial charge is 0.143 e. The summed E-state index contributed by atoms with van der Waals surface area (Å²) in [5.41, 5.74) is 10.2. The number of rotatable bonds is 4. The number of pyridine rings is 1. The molecule has 3 rings (SSSR count). The van der Waals surface area contributed by atoms with Crippen LogP contribution >= 0.6 is 11.8 Å². The van der Waals surface area contributed by atoms with E-state index in [2.05, 4.69) is 17.1 Å². The van der Waals surface area contributed by atoms with Gasteiger partial charge in [-0.2, -0.15) is 10.5 Å². The van der Waals surface area contributed by atoms with Crippen LogP contribution in [0.15, 0.2) is 59.6 Å². The number of thioether (sulfide) groups is 1. The van der Waals surface area contributed by atoms with Gasteiger partial charge in [-0.15, -0.1) is 11.8 Å². The molecule has 0 amide bonds. The Bertz CT molecular complexity index is 1030. The topological polar surface area (TPSA) is 86.5 Å². The molecule has 1 aromatic heterocycles. The normalized spacial score (nSPS) is 10.1. The van der Waals surface area contributed by atoms with E-state index in [-0.39, 0.29) is 11.4 Å². The average molecular weight is 356 g/mol. The Hall–Kier alpha value is -3.28. The second kappa shape index (κ2) is 7.74. The summed E-state index contributed by atoms with van der Waals surface area (Å²) >= 11 is 1.45. The number of nitrogens with zero attached hydrogens (tertiary/aromatic N) is 3. The second-order valence-electron chi connectivity index (χ2n) is 5.74. The third-order valence-corrected chi connectivity index (χ3v) is 5.09. The minimum absolute atomic E-state index is 0.153. The van der Waals surface area contributed by atoms with Crippen molar-refractivity contribution in [1.29, 1.82) is 10.5 Å². The van der Waals surface area contributed by atoms with E-state index in [1.165, 1.54) is 11.8 Å². The van der Waals surface area contributed by atoms with Crippen LogP contribution in [0.2, 0.25) is 0 Å².